The lowest BCUT2D eigenvalue weighted by Crippen LogP contribution is -2.48. The van der Waals surface area contributed by atoms with E-state index in [1.54, 1.807) is 10.9 Å². The number of piperazine rings is 1. The van der Waals surface area contributed by atoms with Crippen molar-refractivity contribution in [2.75, 3.05) is 31.1 Å². The van der Waals surface area contributed by atoms with E-state index in [0.29, 0.717) is 18.8 Å². The van der Waals surface area contributed by atoms with E-state index < -0.39 is 0 Å². The summed E-state index contributed by atoms with van der Waals surface area (Å²) < 4.78 is 1.66. The van der Waals surface area contributed by atoms with Crippen LogP contribution in [0.3, 0.4) is 0 Å². The van der Waals surface area contributed by atoms with Gasteiger partial charge in [0.2, 0.25) is 0 Å². The van der Waals surface area contributed by atoms with Gasteiger partial charge in [-0.15, -0.1) is 5.10 Å². The summed E-state index contributed by atoms with van der Waals surface area (Å²) in [4.78, 5) is 16.9. The topological polar surface area (TPSA) is 54.3 Å². The smallest absolute Gasteiger partial charge is 0.276 e. The molecule has 4 rings (SSSR count). The van der Waals surface area contributed by atoms with Crippen LogP contribution in [0.2, 0.25) is 5.02 Å². The highest BCUT2D eigenvalue weighted by molar-refractivity contribution is 6.30. The van der Waals surface area contributed by atoms with Crippen LogP contribution < -0.4 is 4.90 Å². The van der Waals surface area contributed by atoms with Crippen LogP contribution >= 0.6 is 11.6 Å². The number of anilines is 1. The van der Waals surface area contributed by atoms with Gasteiger partial charge in [-0.25, -0.2) is 4.68 Å². The van der Waals surface area contributed by atoms with E-state index in [-0.39, 0.29) is 5.91 Å². The van der Waals surface area contributed by atoms with Crippen LogP contribution in [-0.4, -0.2) is 52.0 Å². The first-order valence-corrected chi connectivity index (χ1v) is 9.69. The fraction of sp³-hybridized carbons (Fsp3) is 0.286. The van der Waals surface area contributed by atoms with Gasteiger partial charge in [0.15, 0.2) is 5.69 Å². The molecule has 1 aliphatic heterocycles. The molecule has 144 valence electrons. The molecule has 0 N–H and O–H groups in total. The first-order chi connectivity index (χ1) is 13.5. The van der Waals surface area contributed by atoms with Gasteiger partial charge in [0.05, 0.1) is 11.9 Å². The Hall–Kier alpha value is -2.86. The zero-order valence-corrected chi connectivity index (χ0v) is 16.7. The van der Waals surface area contributed by atoms with Crippen molar-refractivity contribution in [3.63, 3.8) is 0 Å². The third-order valence-electron chi connectivity index (χ3n) is 5.23. The number of rotatable bonds is 3. The zero-order chi connectivity index (χ0) is 19.7. The maximum atomic E-state index is 12.8. The highest BCUT2D eigenvalue weighted by Crippen LogP contribution is 2.20. The van der Waals surface area contributed by atoms with E-state index in [4.69, 9.17) is 11.6 Å². The number of aryl methyl sites for hydroxylation is 2. The van der Waals surface area contributed by atoms with Crippen molar-refractivity contribution in [3.8, 4) is 5.69 Å². The quantitative estimate of drug-likeness (QED) is 0.681. The fourth-order valence-electron chi connectivity index (χ4n) is 3.34. The molecule has 0 spiro atoms. The summed E-state index contributed by atoms with van der Waals surface area (Å²) >= 11 is 5.96. The van der Waals surface area contributed by atoms with Gasteiger partial charge in [0.1, 0.15) is 0 Å². The highest BCUT2D eigenvalue weighted by Gasteiger charge is 2.24. The van der Waals surface area contributed by atoms with Gasteiger partial charge >= 0.3 is 0 Å². The lowest BCUT2D eigenvalue weighted by molar-refractivity contribution is 0.0741. The van der Waals surface area contributed by atoms with Gasteiger partial charge in [0.25, 0.3) is 5.91 Å². The monoisotopic (exact) mass is 395 g/mol. The molecule has 1 aliphatic rings. The van der Waals surface area contributed by atoms with Crippen molar-refractivity contribution in [2.24, 2.45) is 0 Å². The fourth-order valence-corrected chi connectivity index (χ4v) is 3.46. The largest absolute Gasteiger partial charge is 0.368 e. The second-order valence-electron chi connectivity index (χ2n) is 7.07. The summed E-state index contributed by atoms with van der Waals surface area (Å²) in [5.74, 6) is -0.0779. The lowest BCUT2D eigenvalue weighted by atomic mass is 10.1. The number of amides is 1. The molecule has 0 saturated carbocycles. The molecule has 1 aromatic heterocycles. The number of nitrogens with zero attached hydrogens (tertiary/aromatic N) is 5. The standard InChI is InChI=1S/C21H22ClN5O/c1-15-3-6-19(13-16(15)2)27-14-20(23-24-27)21(28)26-11-9-25(10-12-26)18-7-4-17(22)5-8-18/h3-8,13-14H,9-12H2,1-2H3. The average molecular weight is 396 g/mol. The van der Waals surface area contributed by atoms with Crippen molar-refractivity contribution in [1.29, 1.82) is 0 Å². The maximum Gasteiger partial charge on any atom is 0.276 e. The van der Waals surface area contributed by atoms with Crippen molar-refractivity contribution >= 4 is 23.2 Å². The Bertz CT molecular complexity index is 990. The second kappa shape index (κ2) is 7.64. The first-order valence-electron chi connectivity index (χ1n) is 9.31. The van der Waals surface area contributed by atoms with Gasteiger partial charge in [-0.3, -0.25) is 4.79 Å². The summed E-state index contributed by atoms with van der Waals surface area (Å²) in [6.07, 6.45) is 1.71. The maximum absolute atomic E-state index is 12.8. The number of halogens is 1. The number of carbonyl (C=O) groups excluding carboxylic acids is 1. The third kappa shape index (κ3) is 3.73. The van der Waals surface area contributed by atoms with Gasteiger partial charge in [-0.1, -0.05) is 22.9 Å². The first kappa shape index (κ1) is 18.5. The van der Waals surface area contributed by atoms with E-state index >= 15 is 0 Å². The molecule has 2 heterocycles. The van der Waals surface area contributed by atoms with Crippen molar-refractivity contribution < 1.29 is 4.79 Å². The Kier molecular flexibility index (Phi) is 5.05. The predicted octanol–water partition coefficient (Wildman–Crippen LogP) is 3.50. The Labute approximate surface area is 169 Å². The normalized spacial score (nSPS) is 14.4. The Balaban J connectivity index is 1.42. The summed E-state index contributed by atoms with van der Waals surface area (Å²) in [6, 6.07) is 13.9. The van der Waals surface area contributed by atoms with Crippen molar-refractivity contribution in [3.05, 3.63) is 70.5 Å². The molecular weight excluding hydrogens is 374 g/mol. The highest BCUT2D eigenvalue weighted by atomic mass is 35.5. The number of hydrogen-bond donors (Lipinski definition) is 0. The molecule has 1 fully saturated rings. The van der Waals surface area contributed by atoms with Crippen LogP contribution in [0, 0.1) is 13.8 Å². The minimum Gasteiger partial charge on any atom is -0.368 e. The SMILES string of the molecule is Cc1ccc(-n2cc(C(=O)N3CCN(c4ccc(Cl)cc4)CC3)nn2)cc1C. The lowest BCUT2D eigenvalue weighted by Gasteiger charge is -2.35. The van der Waals surface area contributed by atoms with Gasteiger partial charge in [0, 0.05) is 36.9 Å². The third-order valence-corrected chi connectivity index (χ3v) is 5.48. The van der Waals surface area contributed by atoms with Gasteiger partial charge in [-0.2, -0.15) is 0 Å². The molecule has 28 heavy (non-hydrogen) atoms. The molecule has 3 aromatic rings. The van der Waals surface area contributed by atoms with Crippen molar-refractivity contribution in [1.82, 2.24) is 19.9 Å². The molecule has 7 heteroatoms. The Morgan fingerprint density at radius 2 is 1.61 bits per heavy atom. The van der Waals surface area contributed by atoms with Crippen molar-refractivity contribution in [2.45, 2.75) is 13.8 Å². The minimum atomic E-state index is -0.0779. The van der Waals surface area contributed by atoms with Crippen LogP contribution in [0.4, 0.5) is 5.69 Å². The number of carbonyl (C=O) groups is 1. The molecule has 0 unspecified atom stereocenters. The summed E-state index contributed by atoms with van der Waals surface area (Å²) in [7, 11) is 0. The zero-order valence-electron chi connectivity index (χ0n) is 16.0. The molecular formula is C21H22ClN5O. The second-order valence-corrected chi connectivity index (χ2v) is 7.51. The minimum absolute atomic E-state index is 0.0779. The molecule has 2 aromatic carbocycles. The number of hydrogen-bond acceptors (Lipinski definition) is 4. The van der Waals surface area contributed by atoms with E-state index in [2.05, 4.69) is 29.1 Å². The Morgan fingerprint density at radius 3 is 2.29 bits per heavy atom. The summed E-state index contributed by atoms with van der Waals surface area (Å²) in [5.41, 5.74) is 4.80. The van der Waals surface area contributed by atoms with E-state index in [1.165, 1.54) is 11.1 Å². The molecule has 0 atom stereocenters. The van der Waals surface area contributed by atoms with Crippen LogP contribution in [-0.2, 0) is 0 Å². The molecule has 0 aliphatic carbocycles. The Morgan fingerprint density at radius 1 is 0.929 bits per heavy atom. The number of aromatic nitrogens is 3. The number of benzene rings is 2. The molecule has 6 nitrogen and oxygen atoms in total. The van der Waals surface area contributed by atoms with Crippen LogP contribution in [0.25, 0.3) is 5.69 Å². The van der Waals surface area contributed by atoms with E-state index in [0.717, 1.165) is 29.5 Å². The van der Waals surface area contributed by atoms with E-state index in [1.807, 2.05) is 47.4 Å². The molecule has 0 bridgehead atoms. The van der Waals surface area contributed by atoms with Gasteiger partial charge < -0.3 is 9.80 Å². The summed E-state index contributed by atoms with van der Waals surface area (Å²) in [6.45, 7) is 6.98. The molecule has 0 radical (unpaired) electrons. The molecule has 1 saturated heterocycles. The average Bonchev–Trinajstić information content (AvgIpc) is 3.20. The molecule has 1 amide bonds. The van der Waals surface area contributed by atoms with Gasteiger partial charge in [-0.05, 0) is 61.4 Å². The van der Waals surface area contributed by atoms with E-state index in [9.17, 15) is 4.79 Å². The van der Waals surface area contributed by atoms with Crippen LogP contribution in [0.1, 0.15) is 21.6 Å². The van der Waals surface area contributed by atoms with Crippen LogP contribution in [0.5, 0.6) is 0 Å². The summed E-state index contributed by atoms with van der Waals surface area (Å²) in [5, 5.41) is 8.97. The predicted molar refractivity (Wildman–Crippen MR) is 110 cm³/mol. The van der Waals surface area contributed by atoms with Crippen LogP contribution in [0.15, 0.2) is 48.7 Å².